The largest absolute Gasteiger partial charge is 0.409 e. The second-order valence-electron chi connectivity index (χ2n) is 4.47. The lowest BCUT2D eigenvalue weighted by Gasteiger charge is -2.07. The first kappa shape index (κ1) is 14.6. The van der Waals surface area contributed by atoms with Gasteiger partial charge in [-0.2, -0.15) is 10.2 Å². The summed E-state index contributed by atoms with van der Waals surface area (Å²) in [6.07, 6.45) is 2.15. The molecule has 0 fully saturated rings. The van der Waals surface area contributed by atoms with Gasteiger partial charge in [0.25, 0.3) is 5.91 Å². The molecule has 9 nitrogen and oxygen atoms in total. The topological polar surface area (TPSA) is 123 Å². The van der Waals surface area contributed by atoms with Crippen molar-refractivity contribution in [3.05, 3.63) is 29.2 Å². The van der Waals surface area contributed by atoms with Gasteiger partial charge >= 0.3 is 0 Å². The third-order valence-corrected chi connectivity index (χ3v) is 3.08. The van der Waals surface area contributed by atoms with Crippen molar-refractivity contribution in [3.8, 4) is 0 Å². The molecule has 0 atom stereocenters. The maximum absolute atomic E-state index is 12.3. The Hall–Kier alpha value is -2.84. The summed E-state index contributed by atoms with van der Waals surface area (Å²) < 4.78 is 2.94. The number of amides is 1. The van der Waals surface area contributed by atoms with Crippen LogP contribution in [0.25, 0.3) is 0 Å². The molecule has 0 saturated carbocycles. The number of amidine groups is 1. The minimum atomic E-state index is -0.347. The third kappa shape index (κ3) is 2.71. The van der Waals surface area contributed by atoms with Crippen molar-refractivity contribution in [1.29, 1.82) is 0 Å². The Morgan fingerprint density at radius 2 is 2.19 bits per heavy atom. The molecule has 0 aliphatic heterocycles. The number of carbonyl (C=O) groups is 1. The first-order valence-corrected chi connectivity index (χ1v) is 6.32. The first-order chi connectivity index (χ1) is 9.97. The van der Waals surface area contributed by atoms with Gasteiger partial charge in [-0.3, -0.25) is 14.2 Å². The maximum Gasteiger partial charge on any atom is 0.275 e. The van der Waals surface area contributed by atoms with Crippen LogP contribution in [0.4, 0.5) is 5.82 Å². The number of nitrogens with two attached hydrogens (primary N) is 1. The van der Waals surface area contributed by atoms with E-state index in [2.05, 4.69) is 20.7 Å². The molecule has 0 unspecified atom stereocenters. The van der Waals surface area contributed by atoms with Crippen LogP contribution in [0, 0.1) is 0 Å². The lowest BCUT2D eigenvalue weighted by Crippen LogP contribution is -2.21. The van der Waals surface area contributed by atoms with Gasteiger partial charge in [-0.05, 0) is 12.5 Å². The van der Waals surface area contributed by atoms with E-state index in [1.807, 2.05) is 6.92 Å². The highest BCUT2D eigenvalue weighted by Crippen LogP contribution is 2.15. The monoisotopic (exact) mass is 291 g/mol. The van der Waals surface area contributed by atoms with Crippen molar-refractivity contribution in [2.45, 2.75) is 13.3 Å². The number of rotatable bonds is 4. The van der Waals surface area contributed by atoms with Crippen molar-refractivity contribution in [3.63, 3.8) is 0 Å². The lowest BCUT2D eigenvalue weighted by molar-refractivity contribution is 0.101. The average molecular weight is 291 g/mol. The van der Waals surface area contributed by atoms with E-state index in [1.54, 1.807) is 20.2 Å². The standard InChI is InChI=1S/C12H17N7O2/c1-4-7-5-9(18(2)16-7)12(20)15-11-8(10(13)17-21)6-14-19(11)3/h5-6,21H,4H2,1-3H3,(H2,13,17)(H,15,20). The summed E-state index contributed by atoms with van der Waals surface area (Å²) in [5.41, 5.74) is 7.13. The van der Waals surface area contributed by atoms with Gasteiger partial charge in [-0.1, -0.05) is 12.1 Å². The summed E-state index contributed by atoms with van der Waals surface area (Å²) in [5, 5.41) is 22.6. The number of aromatic nitrogens is 4. The zero-order valence-electron chi connectivity index (χ0n) is 12.0. The smallest absolute Gasteiger partial charge is 0.275 e. The fourth-order valence-corrected chi connectivity index (χ4v) is 1.91. The predicted octanol–water partition coefficient (Wildman–Crippen LogP) is 0.0628. The quantitative estimate of drug-likeness (QED) is 0.318. The average Bonchev–Trinajstić information content (AvgIpc) is 3.02. The molecular formula is C12H17N7O2. The summed E-state index contributed by atoms with van der Waals surface area (Å²) in [6, 6.07) is 1.72. The normalized spacial score (nSPS) is 11.7. The number of aryl methyl sites for hydroxylation is 3. The molecule has 0 spiro atoms. The zero-order chi connectivity index (χ0) is 15.6. The molecule has 9 heteroatoms. The first-order valence-electron chi connectivity index (χ1n) is 6.32. The number of oxime groups is 1. The van der Waals surface area contributed by atoms with Crippen LogP contribution in [-0.2, 0) is 20.5 Å². The van der Waals surface area contributed by atoms with Gasteiger partial charge in [0, 0.05) is 14.1 Å². The van der Waals surface area contributed by atoms with E-state index in [4.69, 9.17) is 10.9 Å². The Kier molecular flexibility index (Phi) is 3.92. The van der Waals surface area contributed by atoms with Gasteiger partial charge in [0.05, 0.1) is 17.5 Å². The molecule has 2 rings (SSSR count). The highest BCUT2D eigenvalue weighted by molar-refractivity contribution is 6.08. The molecule has 112 valence electrons. The van der Waals surface area contributed by atoms with E-state index in [9.17, 15) is 4.79 Å². The highest BCUT2D eigenvalue weighted by Gasteiger charge is 2.18. The molecule has 2 aromatic heterocycles. The molecule has 0 aliphatic carbocycles. The number of anilines is 1. The third-order valence-electron chi connectivity index (χ3n) is 3.08. The van der Waals surface area contributed by atoms with E-state index < -0.39 is 0 Å². The lowest BCUT2D eigenvalue weighted by atomic mass is 10.2. The number of hydrogen-bond acceptors (Lipinski definition) is 5. The fraction of sp³-hybridized carbons (Fsp3) is 0.333. The summed E-state index contributed by atoms with van der Waals surface area (Å²) in [5.74, 6) is -0.132. The summed E-state index contributed by atoms with van der Waals surface area (Å²) in [4.78, 5) is 12.3. The van der Waals surface area contributed by atoms with Crippen LogP contribution in [0.3, 0.4) is 0 Å². The van der Waals surface area contributed by atoms with Gasteiger partial charge in [-0.25, -0.2) is 0 Å². The van der Waals surface area contributed by atoms with Crippen LogP contribution in [-0.4, -0.2) is 36.5 Å². The number of nitrogens with zero attached hydrogens (tertiary/aromatic N) is 5. The predicted molar refractivity (Wildman–Crippen MR) is 76.3 cm³/mol. The Morgan fingerprint density at radius 1 is 1.48 bits per heavy atom. The Morgan fingerprint density at radius 3 is 2.76 bits per heavy atom. The van der Waals surface area contributed by atoms with Gasteiger partial charge in [-0.15, -0.1) is 0 Å². The second-order valence-corrected chi connectivity index (χ2v) is 4.47. The minimum absolute atomic E-state index is 0.127. The number of nitrogens with one attached hydrogen (secondary N) is 1. The molecule has 1 amide bonds. The van der Waals surface area contributed by atoms with E-state index in [0.717, 1.165) is 12.1 Å². The van der Waals surface area contributed by atoms with Crippen LogP contribution in [0.2, 0.25) is 0 Å². The van der Waals surface area contributed by atoms with Crippen molar-refractivity contribution in [1.82, 2.24) is 19.6 Å². The van der Waals surface area contributed by atoms with Crippen LogP contribution >= 0.6 is 0 Å². The molecule has 2 aromatic rings. The number of carbonyl (C=O) groups excluding carboxylic acids is 1. The maximum atomic E-state index is 12.3. The Balaban J connectivity index is 2.31. The molecule has 0 radical (unpaired) electrons. The molecular weight excluding hydrogens is 274 g/mol. The summed E-state index contributed by atoms with van der Waals surface area (Å²) >= 11 is 0. The van der Waals surface area contributed by atoms with E-state index in [1.165, 1.54) is 15.6 Å². The molecule has 0 saturated heterocycles. The molecule has 4 N–H and O–H groups in total. The van der Waals surface area contributed by atoms with Gasteiger partial charge in [0.15, 0.2) is 5.84 Å². The number of hydrogen-bond donors (Lipinski definition) is 3. The van der Waals surface area contributed by atoms with Crippen molar-refractivity contribution in [2.24, 2.45) is 25.0 Å². The summed E-state index contributed by atoms with van der Waals surface area (Å²) in [7, 11) is 3.34. The minimum Gasteiger partial charge on any atom is -0.409 e. The van der Waals surface area contributed by atoms with Crippen LogP contribution in [0.5, 0.6) is 0 Å². The molecule has 2 heterocycles. The van der Waals surface area contributed by atoms with Gasteiger partial charge in [0.2, 0.25) is 0 Å². The molecule has 0 bridgehead atoms. The van der Waals surface area contributed by atoms with Gasteiger partial charge in [0.1, 0.15) is 11.5 Å². The molecule has 0 aromatic carbocycles. The van der Waals surface area contributed by atoms with E-state index in [-0.39, 0.29) is 11.7 Å². The van der Waals surface area contributed by atoms with Crippen molar-refractivity contribution in [2.75, 3.05) is 5.32 Å². The van der Waals surface area contributed by atoms with Gasteiger partial charge < -0.3 is 16.3 Å². The van der Waals surface area contributed by atoms with E-state index in [0.29, 0.717) is 17.1 Å². The molecule has 21 heavy (non-hydrogen) atoms. The summed E-state index contributed by atoms with van der Waals surface area (Å²) in [6.45, 7) is 1.96. The fourth-order valence-electron chi connectivity index (χ4n) is 1.91. The van der Waals surface area contributed by atoms with Crippen LogP contribution < -0.4 is 11.1 Å². The van der Waals surface area contributed by atoms with Crippen molar-refractivity contribution >= 4 is 17.6 Å². The second kappa shape index (κ2) is 5.65. The van der Waals surface area contributed by atoms with E-state index >= 15 is 0 Å². The van der Waals surface area contributed by atoms with Crippen LogP contribution in [0.15, 0.2) is 17.4 Å². The highest BCUT2D eigenvalue weighted by atomic mass is 16.4. The Labute approximate surface area is 121 Å². The van der Waals surface area contributed by atoms with Crippen molar-refractivity contribution < 1.29 is 10.0 Å². The van der Waals surface area contributed by atoms with Crippen LogP contribution in [0.1, 0.15) is 28.7 Å². The SMILES string of the molecule is CCc1cc(C(=O)Nc2c(C(N)=NO)cnn2C)n(C)n1. The Bertz CT molecular complexity index is 699. The zero-order valence-corrected chi connectivity index (χ0v) is 12.0. The molecule has 0 aliphatic rings.